The summed E-state index contributed by atoms with van der Waals surface area (Å²) in [6.45, 7) is 11.2. The van der Waals surface area contributed by atoms with Crippen LogP contribution in [0.1, 0.15) is 59.4 Å². The van der Waals surface area contributed by atoms with Crippen molar-refractivity contribution >= 4 is 0 Å². The highest BCUT2D eigenvalue weighted by atomic mass is 16.5. The first-order valence-corrected chi connectivity index (χ1v) is 7.73. The van der Waals surface area contributed by atoms with Crippen LogP contribution in [0.15, 0.2) is 24.3 Å². The Morgan fingerprint density at radius 1 is 1.25 bits per heavy atom. The van der Waals surface area contributed by atoms with Gasteiger partial charge in [0, 0.05) is 6.04 Å². The van der Waals surface area contributed by atoms with Gasteiger partial charge in [-0.05, 0) is 47.8 Å². The van der Waals surface area contributed by atoms with E-state index in [1.165, 1.54) is 18.4 Å². The summed E-state index contributed by atoms with van der Waals surface area (Å²) in [6.07, 6.45) is 3.58. The van der Waals surface area contributed by atoms with Crippen molar-refractivity contribution in [1.82, 2.24) is 0 Å². The van der Waals surface area contributed by atoms with Crippen molar-refractivity contribution in [3.05, 3.63) is 29.8 Å². The smallest absolute Gasteiger partial charge is 0.120 e. The molecule has 0 saturated heterocycles. The van der Waals surface area contributed by atoms with Crippen LogP contribution in [0.25, 0.3) is 0 Å². The highest BCUT2D eigenvalue weighted by Gasteiger charge is 2.37. The van der Waals surface area contributed by atoms with Crippen LogP contribution in [0.4, 0.5) is 0 Å². The van der Waals surface area contributed by atoms with Gasteiger partial charge in [-0.15, -0.1) is 0 Å². The molecule has 0 aromatic heterocycles. The maximum atomic E-state index is 6.40. The lowest BCUT2D eigenvalue weighted by Crippen LogP contribution is -2.51. The van der Waals surface area contributed by atoms with E-state index in [0.29, 0.717) is 0 Å². The van der Waals surface area contributed by atoms with E-state index in [1.54, 1.807) is 0 Å². The molecule has 1 aliphatic rings. The number of ether oxygens (including phenoxy) is 1. The minimum Gasteiger partial charge on any atom is -0.489 e. The van der Waals surface area contributed by atoms with Crippen molar-refractivity contribution in [3.63, 3.8) is 0 Å². The van der Waals surface area contributed by atoms with Crippen LogP contribution in [-0.2, 0) is 5.41 Å². The molecule has 0 aliphatic heterocycles. The lowest BCUT2D eigenvalue weighted by molar-refractivity contribution is 0.0566. The van der Waals surface area contributed by atoms with Crippen molar-refractivity contribution < 1.29 is 4.74 Å². The molecule has 0 radical (unpaired) electrons. The second-order valence-electron chi connectivity index (χ2n) is 7.84. The molecule has 2 unspecified atom stereocenters. The Morgan fingerprint density at radius 2 is 1.95 bits per heavy atom. The van der Waals surface area contributed by atoms with E-state index >= 15 is 0 Å². The van der Waals surface area contributed by atoms with Crippen LogP contribution in [0.2, 0.25) is 0 Å². The van der Waals surface area contributed by atoms with E-state index in [1.807, 2.05) is 6.07 Å². The van der Waals surface area contributed by atoms with Crippen molar-refractivity contribution in [1.29, 1.82) is 0 Å². The fraction of sp³-hybridized carbons (Fsp3) is 0.667. The van der Waals surface area contributed by atoms with Crippen molar-refractivity contribution in [2.24, 2.45) is 11.1 Å². The summed E-state index contributed by atoms with van der Waals surface area (Å²) >= 11 is 0. The van der Waals surface area contributed by atoms with Gasteiger partial charge in [-0.25, -0.2) is 0 Å². The van der Waals surface area contributed by atoms with E-state index in [9.17, 15) is 0 Å². The summed E-state index contributed by atoms with van der Waals surface area (Å²) in [5.41, 5.74) is 8.03. The van der Waals surface area contributed by atoms with Crippen LogP contribution in [0.3, 0.4) is 0 Å². The minimum atomic E-state index is 0.106. The number of hydrogen-bond donors (Lipinski definition) is 1. The predicted molar refractivity (Wildman–Crippen MR) is 85.2 cm³/mol. The Balaban J connectivity index is 2.14. The van der Waals surface area contributed by atoms with Gasteiger partial charge in [-0.3, -0.25) is 0 Å². The fourth-order valence-electron chi connectivity index (χ4n) is 2.95. The molecule has 1 aromatic rings. The molecule has 2 N–H and O–H groups in total. The van der Waals surface area contributed by atoms with E-state index < -0.39 is 0 Å². The molecule has 1 saturated carbocycles. The topological polar surface area (TPSA) is 35.2 Å². The highest BCUT2D eigenvalue weighted by molar-refractivity contribution is 5.32. The predicted octanol–water partition coefficient (Wildman–Crippen LogP) is 4.27. The molecular formula is C18H29NO. The summed E-state index contributed by atoms with van der Waals surface area (Å²) < 4.78 is 6.21. The minimum absolute atomic E-state index is 0.106. The van der Waals surface area contributed by atoms with Gasteiger partial charge in [0.2, 0.25) is 0 Å². The molecular weight excluding hydrogens is 246 g/mol. The molecule has 1 fully saturated rings. The van der Waals surface area contributed by atoms with E-state index in [0.717, 1.165) is 12.2 Å². The molecule has 2 atom stereocenters. The average molecular weight is 275 g/mol. The Labute approximate surface area is 123 Å². The molecule has 1 aromatic carbocycles. The molecule has 0 heterocycles. The SMILES string of the molecule is CC(C)(C)c1cccc(OC2CCCC(C)(C)C2N)c1. The molecule has 0 amide bonds. The van der Waals surface area contributed by atoms with Gasteiger partial charge in [0.15, 0.2) is 0 Å². The highest BCUT2D eigenvalue weighted by Crippen LogP contribution is 2.36. The molecule has 0 bridgehead atoms. The first-order chi connectivity index (χ1) is 9.20. The van der Waals surface area contributed by atoms with E-state index in [2.05, 4.69) is 52.8 Å². The van der Waals surface area contributed by atoms with Crippen LogP contribution in [-0.4, -0.2) is 12.1 Å². The summed E-state index contributed by atoms with van der Waals surface area (Å²) in [5.74, 6) is 0.954. The quantitative estimate of drug-likeness (QED) is 0.875. The molecule has 2 heteroatoms. The summed E-state index contributed by atoms with van der Waals surface area (Å²) in [7, 11) is 0. The summed E-state index contributed by atoms with van der Waals surface area (Å²) in [4.78, 5) is 0. The summed E-state index contributed by atoms with van der Waals surface area (Å²) in [6, 6.07) is 8.56. The Morgan fingerprint density at radius 3 is 2.60 bits per heavy atom. The maximum absolute atomic E-state index is 6.40. The largest absolute Gasteiger partial charge is 0.489 e. The lowest BCUT2D eigenvalue weighted by Gasteiger charge is -2.41. The first kappa shape index (κ1) is 15.4. The molecule has 2 nitrogen and oxygen atoms in total. The number of hydrogen-bond acceptors (Lipinski definition) is 2. The van der Waals surface area contributed by atoms with Gasteiger partial charge in [-0.2, -0.15) is 0 Å². The molecule has 20 heavy (non-hydrogen) atoms. The van der Waals surface area contributed by atoms with Crippen molar-refractivity contribution in [2.45, 2.75) is 71.4 Å². The average Bonchev–Trinajstić information content (AvgIpc) is 2.34. The normalized spacial score (nSPS) is 26.3. The van der Waals surface area contributed by atoms with Crippen molar-refractivity contribution in [2.75, 3.05) is 0 Å². The third-order valence-electron chi connectivity index (χ3n) is 4.60. The third kappa shape index (κ3) is 3.35. The van der Waals surface area contributed by atoms with Gasteiger partial charge in [0.05, 0.1) is 0 Å². The molecule has 112 valence electrons. The Hall–Kier alpha value is -1.02. The number of rotatable bonds is 2. The van der Waals surface area contributed by atoms with Crippen LogP contribution in [0.5, 0.6) is 5.75 Å². The maximum Gasteiger partial charge on any atom is 0.120 e. The number of nitrogens with two attached hydrogens (primary N) is 1. The molecule has 2 rings (SSSR count). The van der Waals surface area contributed by atoms with Gasteiger partial charge in [0.25, 0.3) is 0 Å². The monoisotopic (exact) mass is 275 g/mol. The zero-order valence-corrected chi connectivity index (χ0v) is 13.6. The van der Waals surface area contributed by atoms with E-state index in [4.69, 9.17) is 10.5 Å². The van der Waals surface area contributed by atoms with Gasteiger partial charge in [0.1, 0.15) is 11.9 Å². The second-order valence-corrected chi connectivity index (χ2v) is 7.84. The molecule has 0 spiro atoms. The fourth-order valence-corrected chi connectivity index (χ4v) is 2.95. The Kier molecular flexibility index (Phi) is 4.15. The zero-order valence-electron chi connectivity index (χ0n) is 13.6. The van der Waals surface area contributed by atoms with Crippen molar-refractivity contribution in [3.8, 4) is 5.75 Å². The van der Waals surface area contributed by atoms with Gasteiger partial charge < -0.3 is 10.5 Å². The third-order valence-corrected chi connectivity index (χ3v) is 4.60. The van der Waals surface area contributed by atoms with Crippen LogP contribution in [0, 0.1) is 5.41 Å². The van der Waals surface area contributed by atoms with Crippen LogP contribution < -0.4 is 10.5 Å². The van der Waals surface area contributed by atoms with E-state index in [-0.39, 0.29) is 23.0 Å². The van der Waals surface area contributed by atoms with Gasteiger partial charge >= 0.3 is 0 Å². The Bertz CT molecular complexity index is 459. The molecule has 1 aliphatic carbocycles. The second kappa shape index (κ2) is 5.40. The first-order valence-electron chi connectivity index (χ1n) is 7.73. The number of benzene rings is 1. The standard InChI is InChI=1S/C18H29NO/c1-17(2,3)13-8-6-9-14(12-13)20-15-10-7-11-18(4,5)16(15)19/h6,8-9,12,15-16H,7,10-11,19H2,1-5H3. The lowest BCUT2D eigenvalue weighted by atomic mass is 9.72. The summed E-state index contributed by atoms with van der Waals surface area (Å²) in [5, 5.41) is 0. The van der Waals surface area contributed by atoms with Gasteiger partial charge in [-0.1, -0.05) is 46.8 Å². The zero-order chi connectivity index (χ0) is 15.0. The van der Waals surface area contributed by atoms with Crippen LogP contribution >= 0.6 is 0 Å².